The second-order valence-corrected chi connectivity index (χ2v) is 4.64. The summed E-state index contributed by atoms with van der Waals surface area (Å²) in [6, 6.07) is 0. The predicted octanol–water partition coefficient (Wildman–Crippen LogP) is 0.859. The number of aromatic nitrogens is 2. The maximum absolute atomic E-state index is 12.1. The molecule has 1 atom stereocenters. The first-order chi connectivity index (χ1) is 8.59. The van der Waals surface area contributed by atoms with E-state index in [1.165, 1.54) is 0 Å². The molecule has 7 heteroatoms. The van der Waals surface area contributed by atoms with Crippen LogP contribution in [0.15, 0.2) is 0 Å². The Morgan fingerprint density at radius 2 is 2.39 bits per heavy atom. The molecule has 0 aromatic carbocycles. The molecule has 0 bridgehead atoms. The monoisotopic (exact) mass is 273 g/mol. The van der Waals surface area contributed by atoms with Gasteiger partial charge >= 0.3 is 0 Å². The number of amides is 1. The van der Waals surface area contributed by atoms with Crippen molar-refractivity contribution in [1.29, 1.82) is 0 Å². The lowest BCUT2D eigenvalue weighted by Gasteiger charge is -2.27. The molecule has 2 heterocycles. The van der Waals surface area contributed by atoms with Gasteiger partial charge in [-0.1, -0.05) is 11.6 Å². The maximum Gasteiger partial charge on any atom is 0.275 e. The molecule has 0 saturated carbocycles. The summed E-state index contributed by atoms with van der Waals surface area (Å²) in [4.78, 5) is 13.7. The molecule has 1 amide bonds. The molecular formula is C11H16ClN3O3. The second kappa shape index (κ2) is 5.69. The average Bonchev–Trinajstić information content (AvgIpc) is 2.70. The minimum absolute atomic E-state index is 0.0912. The van der Waals surface area contributed by atoms with Gasteiger partial charge in [0.15, 0.2) is 5.69 Å². The van der Waals surface area contributed by atoms with Gasteiger partial charge in [0, 0.05) is 13.6 Å². The molecule has 1 saturated heterocycles. The van der Waals surface area contributed by atoms with Crippen LogP contribution in [0.1, 0.15) is 16.2 Å². The van der Waals surface area contributed by atoms with Gasteiger partial charge in [-0.3, -0.25) is 9.89 Å². The van der Waals surface area contributed by atoms with Gasteiger partial charge in [0.1, 0.15) is 0 Å². The van der Waals surface area contributed by atoms with E-state index >= 15 is 0 Å². The van der Waals surface area contributed by atoms with E-state index in [1.54, 1.807) is 18.9 Å². The van der Waals surface area contributed by atoms with Crippen molar-refractivity contribution < 1.29 is 14.3 Å². The van der Waals surface area contributed by atoms with Crippen molar-refractivity contribution in [3.8, 4) is 0 Å². The van der Waals surface area contributed by atoms with Crippen molar-refractivity contribution in [3.63, 3.8) is 0 Å². The van der Waals surface area contributed by atoms with Gasteiger partial charge in [0.25, 0.3) is 5.91 Å². The minimum atomic E-state index is -0.224. The lowest BCUT2D eigenvalue weighted by molar-refractivity contribution is -0.0933. The number of hydrogen-bond donors (Lipinski definition) is 1. The summed E-state index contributed by atoms with van der Waals surface area (Å²) in [7, 11) is 1.70. The van der Waals surface area contributed by atoms with Crippen LogP contribution >= 0.6 is 11.6 Å². The number of likely N-dealkylation sites (N-methyl/N-ethyl adjacent to an activating group) is 1. The highest BCUT2D eigenvalue weighted by Gasteiger charge is 2.23. The lowest BCUT2D eigenvalue weighted by atomic mass is 10.3. The SMILES string of the molecule is Cc1[nH]nc(C(=O)N(C)C[C@H]2COCCO2)c1Cl. The number of nitrogens with zero attached hydrogens (tertiary/aromatic N) is 2. The number of ether oxygens (including phenoxy) is 2. The third kappa shape index (κ3) is 2.82. The molecular weight excluding hydrogens is 258 g/mol. The largest absolute Gasteiger partial charge is 0.376 e. The second-order valence-electron chi connectivity index (χ2n) is 4.26. The first-order valence-corrected chi connectivity index (χ1v) is 6.12. The summed E-state index contributed by atoms with van der Waals surface area (Å²) in [6.45, 7) is 3.91. The molecule has 18 heavy (non-hydrogen) atoms. The summed E-state index contributed by atoms with van der Waals surface area (Å²) in [5.41, 5.74) is 0.930. The lowest BCUT2D eigenvalue weighted by Crippen LogP contribution is -2.41. The smallest absolute Gasteiger partial charge is 0.275 e. The van der Waals surface area contributed by atoms with Gasteiger partial charge in [-0.2, -0.15) is 5.10 Å². The average molecular weight is 274 g/mol. The van der Waals surface area contributed by atoms with Crippen molar-refractivity contribution in [1.82, 2.24) is 15.1 Å². The molecule has 1 aliphatic heterocycles. The van der Waals surface area contributed by atoms with Crippen LogP contribution < -0.4 is 0 Å². The van der Waals surface area contributed by atoms with Gasteiger partial charge < -0.3 is 14.4 Å². The normalized spacial score (nSPS) is 19.8. The molecule has 0 aliphatic carbocycles. The Morgan fingerprint density at radius 3 is 2.94 bits per heavy atom. The predicted molar refractivity (Wildman–Crippen MR) is 65.9 cm³/mol. The van der Waals surface area contributed by atoms with E-state index in [2.05, 4.69) is 10.2 Å². The number of halogens is 1. The Morgan fingerprint density at radius 1 is 1.61 bits per heavy atom. The summed E-state index contributed by atoms with van der Waals surface area (Å²) in [5.74, 6) is -0.224. The van der Waals surface area contributed by atoms with Gasteiger partial charge in [-0.25, -0.2) is 0 Å². The Kier molecular flexibility index (Phi) is 4.21. The first kappa shape index (κ1) is 13.3. The van der Waals surface area contributed by atoms with Gasteiger partial charge in [0.05, 0.1) is 36.6 Å². The van der Waals surface area contributed by atoms with Crippen molar-refractivity contribution in [2.24, 2.45) is 0 Å². The Labute approximate surface area is 110 Å². The standard InChI is InChI=1S/C11H16ClN3O3/c1-7-9(12)10(14-13-7)11(16)15(2)5-8-6-17-3-4-18-8/h8H,3-6H2,1-2H3,(H,13,14)/t8-/m0/s1. The molecule has 1 aromatic rings. The first-order valence-electron chi connectivity index (χ1n) is 5.75. The quantitative estimate of drug-likeness (QED) is 0.887. The van der Waals surface area contributed by atoms with E-state index in [0.29, 0.717) is 37.1 Å². The van der Waals surface area contributed by atoms with Crippen LogP contribution in [0, 0.1) is 6.92 Å². The Hall–Kier alpha value is -1.11. The fraction of sp³-hybridized carbons (Fsp3) is 0.636. The number of H-pyrrole nitrogens is 1. The molecule has 0 unspecified atom stereocenters. The Balaban J connectivity index is 1.98. The summed E-state index contributed by atoms with van der Waals surface area (Å²) in [6.07, 6.45) is -0.0912. The van der Waals surface area contributed by atoms with Crippen LogP contribution in [0.4, 0.5) is 0 Å². The summed E-state index contributed by atoms with van der Waals surface area (Å²) in [5, 5.41) is 6.97. The molecule has 1 N–H and O–H groups in total. The van der Waals surface area contributed by atoms with Gasteiger partial charge in [0.2, 0.25) is 0 Å². The number of rotatable bonds is 3. The zero-order chi connectivity index (χ0) is 13.1. The van der Waals surface area contributed by atoms with E-state index < -0.39 is 0 Å². The molecule has 1 fully saturated rings. The molecule has 0 spiro atoms. The van der Waals surface area contributed by atoms with Crippen molar-refractivity contribution in [2.75, 3.05) is 33.4 Å². The van der Waals surface area contributed by atoms with E-state index in [4.69, 9.17) is 21.1 Å². The van der Waals surface area contributed by atoms with E-state index in [1.807, 2.05) is 0 Å². The summed E-state index contributed by atoms with van der Waals surface area (Å²) < 4.78 is 10.8. The van der Waals surface area contributed by atoms with Crippen molar-refractivity contribution in [2.45, 2.75) is 13.0 Å². The molecule has 1 aromatic heterocycles. The Bertz CT molecular complexity index is 429. The fourth-order valence-corrected chi connectivity index (χ4v) is 1.93. The maximum atomic E-state index is 12.1. The number of carbonyl (C=O) groups excluding carboxylic acids is 1. The number of aromatic amines is 1. The van der Waals surface area contributed by atoms with Gasteiger partial charge in [-0.15, -0.1) is 0 Å². The molecule has 2 rings (SSSR count). The van der Waals surface area contributed by atoms with Crippen LogP contribution in [-0.2, 0) is 9.47 Å². The third-order valence-electron chi connectivity index (χ3n) is 2.78. The zero-order valence-corrected chi connectivity index (χ0v) is 11.2. The molecule has 6 nitrogen and oxygen atoms in total. The highest BCUT2D eigenvalue weighted by atomic mass is 35.5. The van der Waals surface area contributed by atoms with Crippen LogP contribution in [0.3, 0.4) is 0 Å². The third-order valence-corrected chi connectivity index (χ3v) is 3.25. The minimum Gasteiger partial charge on any atom is -0.376 e. The van der Waals surface area contributed by atoms with Crippen LogP contribution in [0.2, 0.25) is 5.02 Å². The van der Waals surface area contributed by atoms with Crippen LogP contribution in [0.25, 0.3) is 0 Å². The van der Waals surface area contributed by atoms with Gasteiger partial charge in [-0.05, 0) is 6.92 Å². The van der Waals surface area contributed by atoms with Crippen molar-refractivity contribution >= 4 is 17.5 Å². The topological polar surface area (TPSA) is 67.5 Å². The zero-order valence-electron chi connectivity index (χ0n) is 10.4. The van der Waals surface area contributed by atoms with Crippen LogP contribution in [-0.4, -0.2) is 60.5 Å². The van der Waals surface area contributed by atoms with Crippen molar-refractivity contribution in [3.05, 3.63) is 16.4 Å². The van der Waals surface area contributed by atoms with Crippen LogP contribution in [0.5, 0.6) is 0 Å². The number of carbonyl (C=O) groups is 1. The number of aryl methyl sites for hydroxylation is 1. The highest BCUT2D eigenvalue weighted by molar-refractivity contribution is 6.34. The molecule has 0 radical (unpaired) electrons. The highest BCUT2D eigenvalue weighted by Crippen LogP contribution is 2.18. The van der Waals surface area contributed by atoms with E-state index in [0.717, 1.165) is 0 Å². The van der Waals surface area contributed by atoms with E-state index in [9.17, 15) is 4.79 Å². The fourth-order valence-electron chi connectivity index (χ4n) is 1.77. The molecule has 100 valence electrons. The molecule has 1 aliphatic rings. The summed E-state index contributed by atoms with van der Waals surface area (Å²) >= 11 is 5.99. The number of hydrogen-bond acceptors (Lipinski definition) is 4. The number of nitrogens with one attached hydrogen (secondary N) is 1. The van der Waals surface area contributed by atoms with E-state index in [-0.39, 0.29) is 17.7 Å².